The van der Waals surface area contributed by atoms with Crippen molar-refractivity contribution in [2.75, 3.05) is 19.6 Å². The monoisotopic (exact) mass is 260 g/mol. The smallest absolute Gasteiger partial charge is 0.0221 e. The quantitative estimate of drug-likeness (QED) is 0.881. The summed E-state index contributed by atoms with van der Waals surface area (Å²) in [7, 11) is 0. The van der Waals surface area contributed by atoms with Gasteiger partial charge in [0.15, 0.2) is 0 Å². The van der Waals surface area contributed by atoms with Crippen LogP contribution in [0.5, 0.6) is 0 Å². The van der Waals surface area contributed by atoms with Crippen molar-refractivity contribution in [3.05, 3.63) is 35.9 Å². The molecule has 1 unspecified atom stereocenters. The number of benzene rings is 1. The van der Waals surface area contributed by atoms with Crippen LogP contribution in [0, 0.1) is 5.41 Å². The largest absolute Gasteiger partial charge is 0.329 e. The van der Waals surface area contributed by atoms with Gasteiger partial charge in [0.2, 0.25) is 0 Å². The third kappa shape index (κ3) is 4.32. The molecule has 0 radical (unpaired) electrons. The predicted molar refractivity (Wildman–Crippen MR) is 82.2 cm³/mol. The van der Waals surface area contributed by atoms with Crippen LogP contribution in [0.4, 0.5) is 0 Å². The Balaban J connectivity index is 1.84. The number of nitrogens with two attached hydrogens (primary N) is 1. The fraction of sp³-hybridized carbons (Fsp3) is 0.647. The van der Waals surface area contributed by atoms with Crippen molar-refractivity contribution in [2.24, 2.45) is 11.1 Å². The molecule has 0 aromatic heterocycles. The molecule has 106 valence electrons. The highest BCUT2D eigenvalue weighted by Crippen LogP contribution is 2.30. The summed E-state index contributed by atoms with van der Waals surface area (Å²) >= 11 is 0. The molecule has 1 fully saturated rings. The molecule has 2 N–H and O–H groups in total. The SMILES string of the molecule is CC1(C)CCN(C(CN)CCc2ccccc2)CC1. The van der Waals surface area contributed by atoms with E-state index in [1.807, 2.05) is 0 Å². The van der Waals surface area contributed by atoms with Crippen LogP contribution >= 0.6 is 0 Å². The number of piperidine rings is 1. The van der Waals surface area contributed by atoms with E-state index in [0.29, 0.717) is 11.5 Å². The average molecular weight is 260 g/mol. The Morgan fingerprint density at radius 2 is 1.79 bits per heavy atom. The highest BCUT2D eigenvalue weighted by Gasteiger charge is 2.28. The van der Waals surface area contributed by atoms with Crippen LogP contribution in [-0.4, -0.2) is 30.6 Å². The molecule has 0 amide bonds. The first kappa shape index (κ1) is 14.5. The van der Waals surface area contributed by atoms with Gasteiger partial charge >= 0.3 is 0 Å². The minimum absolute atomic E-state index is 0.523. The van der Waals surface area contributed by atoms with Crippen LogP contribution in [0.2, 0.25) is 0 Å². The zero-order valence-corrected chi connectivity index (χ0v) is 12.4. The molecule has 0 spiro atoms. The molecule has 0 saturated carbocycles. The van der Waals surface area contributed by atoms with E-state index in [1.54, 1.807) is 0 Å². The lowest BCUT2D eigenvalue weighted by Crippen LogP contribution is -2.47. The molecular formula is C17H28N2. The van der Waals surface area contributed by atoms with E-state index in [0.717, 1.165) is 13.0 Å². The number of likely N-dealkylation sites (tertiary alicyclic amines) is 1. The van der Waals surface area contributed by atoms with Crippen molar-refractivity contribution in [1.82, 2.24) is 4.90 Å². The molecule has 1 aliphatic rings. The lowest BCUT2D eigenvalue weighted by atomic mass is 9.82. The second-order valence-electron chi connectivity index (χ2n) is 6.61. The lowest BCUT2D eigenvalue weighted by Gasteiger charge is -2.40. The maximum atomic E-state index is 5.99. The molecule has 19 heavy (non-hydrogen) atoms. The van der Waals surface area contributed by atoms with Crippen LogP contribution < -0.4 is 5.73 Å². The molecule has 1 heterocycles. The Kier molecular flexibility index (Phi) is 5.00. The second kappa shape index (κ2) is 6.53. The molecule has 1 atom stereocenters. The number of hydrogen-bond donors (Lipinski definition) is 1. The predicted octanol–water partition coefficient (Wildman–Crippen LogP) is 3.07. The van der Waals surface area contributed by atoms with Gasteiger partial charge in [-0.2, -0.15) is 0 Å². The molecule has 0 bridgehead atoms. The number of aryl methyl sites for hydroxylation is 1. The van der Waals surface area contributed by atoms with Crippen molar-refractivity contribution >= 4 is 0 Å². The Morgan fingerprint density at radius 1 is 1.16 bits per heavy atom. The standard InChI is InChI=1S/C17H28N2/c1-17(2)10-12-19(13-11-17)16(14-18)9-8-15-6-4-3-5-7-15/h3-7,16H,8-14,18H2,1-2H3. The summed E-state index contributed by atoms with van der Waals surface area (Å²) in [6, 6.07) is 11.3. The summed E-state index contributed by atoms with van der Waals surface area (Å²) in [4.78, 5) is 2.61. The van der Waals surface area contributed by atoms with Crippen molar-refractivity contribution in [1.29, 1.82) is 0 Å². The molecule has 2 rings (SSSR count). The van der Waals surface area contributed by atoms with Gasteiger partial charge in [-0.1, -0.05) is 44.2 Å². The summed E-state index contributed by atoms with van der Waals surface area (Å²) in [6.45, 7) is 7.97. The van der Waals surface area contributed by atoms with Crippen molar-refractivity contribution in [3.8, 4) is 0 Å². The maximum absolute atomic E-state index is 5.99. The fourth-order valence-electron chi connectivity index (χ4n) is 2.92. The van der Waals surface area contributed by atoms with E-state index in [-0.39, 0.29) is 0 Å². The number of rotatable bonds is 5. The minimum atomic E-state index is 0.523. The first-order valence-electron chi connectivity index (χ1n) is 7.59. The average Bonchev–Trinajstić information content (AvgIpc) is 2.42. The summed E-state index contributed by atoms with van der Waals surface area (Å²) < 4.78 is 0. The van der Waals surface area contributed by atoms with E-state index in [9.17, 15) is 0 Å². The first-order chi connectivity index (χ1) is 9.11. The molecule has 1 aromatic carbocycles. The van der Waals surface area contributed by atoms with Crippen LogP contribution in [0.25, 0.3) is 0 Å². The van der Waals surface area contributed by atoms with Crippen molar-refractivity contribution in [3.63, 3.8) is 0 Å². The van der Waals surface area contributed by atoms with E-state index >= 15 is 0 Å². The number of hydrogen-bond acceptors (Lipinski definition) is 2. The molecule has 2 nitrogen and oxygen atoms in total. The number of nitrogens with zero attached hydrogens (tertiary/aromatic N) is 1. The van der Waals surface area contributed by atoms with Gasteiger partial charge in [-0.3, -0.25) is 4.90 Å². The van der Waals surface area contributed by atoms with Gasteiger partial charge in [-0.05, 0) is 49.8 Å². The zero-order chi connectivity index (χ0) is 13.7. The summed E-state index contributed by atoms with van der Waals surface area (Å²) in [6.07, 6.45) is 4.92. The highest BCUT2D eigenvalue weighted by atomic mass is 15.2. The molecule has 0 aliphatic carbocycles. The molecule has 1 saturated heterocycles. The topological polar surface area (TPSA) is 29.3 Å². The third-order valence-corrected chi connectivity index (χ3v) is 4.55. The van der Waals surface area contributed by atoms with Crippen molar-refractivity contribution < 1.29 is 0 Å². The third-order valence-electron chi connectivity index (χ3n) is 4.55. The van der Waals surface area contributed by atoms with Gasteiger partial charge in [0.1, 0.15) is 0 Å². The van der Waals surface area contributed by atoms with Gasteiger partial charge in [0, 0.05) is 12.6 Å². The van der Waals surface area contributed by atoms with Gasteiger partial charge in [0.05, 0.1) is 0 Å². The van der Waals surface area contributed by atoms with Gasteiger partial charge in [-0.25, -0.2) is 0 Å². The molecular weight excluding hydrogens is 232 g/mol. The van der Waals surface area contributed by atoms with Crippen molar-refractivity contribution in [2.45, 2.75) is 45.6 Å². The zero-order valence-electron chi connectivity index (χ0n) is 12.4. The van der Waals surface area contributed by atoms with Gasteiger partial charge in [0.25, 0.3) is 0 Å². The normalized spacial score (nSPS) is 21.2. The Bertz CT molecular complexity index is 362. The summed E-state index contributed by atoms with van der Waals surface area (Å²) in [5.41, 5.74) is 7.95. The van der Waals surface area contributed by atoms with Crippen LogP contribution in [0.3, 0.4) is 0 Å². The fourth-order valence-corrected chi connectivity index (χ4v) is 2.92. The molecule has 1 aliphatic heterocycles. The van der Waals surface area contributed by atoms with E-state index in [4.69, 9.17) is 5.73 Å². The van der Waals surface area contributed by atoms with Gasteiger partial charge < -0.3 is 5.73 Å². The Morgan fingerprint density at radius 3 is 2.37 bits per heavy atom. The summed E-state index contributed by atoms with van der Waals surface area (Å²) in [5, 5.41) is 0. The molecule has 1 aromatic rings. The van der Waals surface area contributed by atoms with Crippen LogP contribution in [0.1, 0.15) is 38.7 Å². The Labute approximate surface area is 118 Å². The Hall–Kier alpha value is -0.860. The van der Waals surface area contributed by atoms with E-state index < -0.39 is 0 Å². The maximum Gasteiger partial charge on any atom is 0.0221 e. The highest BCUT2D eigenvalue weighted by molar-refractivity contribution is 5.14. The second-order valence-corrected chi connectivity index (χ2v) is 6.61. The minimum Gasteiger partial charge on any atom is -0.329 e. The van der Waals surface area contributed by atoms with E-state index in [1.165, 1.54) is 37.9 Å². The van der Waals surface area contributed by atoms with Crippen LogP contribution in [0.15, 0.2) is 30.3 Å². The van der Waals surface area contributed by atoms with Crippen LogP contribution in [-0.2, 0) is 6.42 Å². The summed E-state index contributed by atoms with van der Waals surface area (Å²) in [5.74, 6) is 0. The van der Waals surface area contributed by atoms with E-state index in [2.05, 4.69) is 49.1 Å². The molecule has 2 heteroatoms. The first-order valence-corrected chi connectivity index (χ1v) is 7.59. The lowest BCUT2D eigenvalue weighted by molar-refractivity contribution is 0.0928. The van der Waals surface area contributed by atoms with Gasteiger partial charge in [-0.15, -0.1) is 0 Å².